The van der Waals surface area contributed by atoms with E-state index >= 15 is 0 Å². The van der Waals surface area contributed by atoms with Gasteiger partial charge in [0.2, 0.25) is 5.95 Å². The molecule has 0 amide bonds. The van der Waals surface area contributed by atoms with Gasteiger partial charge in [-0.3, -0.25) is 9.78 Å². The van der Waals surface area contributed by atoms with E-state index in [2.05, 4.69) is 34.9 Å². The maximum atomic E-state index is 12.6. The predicted octanol–water partition coefficient (Wildman–Crippen LogP) is 0.947. The zero-order chi connectivity index (χ0) is 21.0. The van der Waals surface area contributed by atoms with E-state index in [4.69, 9.17) is 4.98 Å². The Morgan fingerprint density at radius 1 is 1.03 bits per heavy atom. The van der Waals surface area contributed by atoms with Gasteiger partial charge in [-0.1, -0.05) is 0 Å². The molecule has 0 atom stereocenters. The lowest BCUT2D eigenvalue weighted by atomic mass is 10.1. The molecule has 5 rings (SSSR count). The second kappa shape index (κ2) is 6.51. The van der Waals surface area contributed by atoms with Crippen molar-refractivity contribution in [2.75, 3.05) is 36.0 Å². The third-order valence-electron chi connectivity index (χ3n) is 5.33. The Balaban J connectivity index is 1.43. The number of aryl methyl sites for hydroxylation is 1. The molecule has 156 valence electrons. The van der Waals surface area contributed by atoms with Crippen molar-refractivity contribution in [2.24, 2.45) is 0 Å². The van der Waals surface area contributed by atoms with Crippen LogP contribution in [0.15, 0.2) is 23.4 Å². The number of rotatable bonds is 2. The molecule has 1 fully saturated rings. The summed E-state index contributed by atoms with van der Waals surface area (Å²) in [6.07, 6.45) is 3.10. The lowest BCUT2D eigenvalue weighted by Gasteiger charge is -2.36. The number of H-pyrrole nitrogens is 1. The average Bonchev–Trinajstić information content (AvgIpc) is 3.34. The van der Waals surface area contributed by atoms with Gasteiger partial charge in [0, 0.05) is 37.9 Å². The third-order valence-corrected chi connectivity index (χ3v) is 5.33. The van der Waals surface area contributed by atoms with Crippen molar-refractivity contribution in [2.45, 2.75) is 33.2 Å². The number of fused-ring (bicyclic) bond motifs is 2. The summed E-state index contributed by atoms with van der Waals surface area (Å²) in [7, 11) is 0. The van der Waals surface area contributed by atoms with Crippen molar-refractivity contribution in [1.82, 2.24) is 39.3 Å². The van der Waals surface area contributed by atoms with E-state index < -0.39 is 0 Å². The highest BCUT2D eigenvalue weighted by molar-refractivity contribution is 5.74. The van der Waals surface area contributed by atoms with Gasteiger partial charge in [-0.2, -0.15) is 24.7 Å². The zero-order valence-corrected chi connectivity index (χ0v) is 17.5. The number of hydrogen-bond donors (Lipinski definition) is 1. The number of aromatic nitrogens is 8. The molecule has 0 unspecified atom stereocenters. The van der Waals surface area contributed by atoms with Crippen molar-refractivity contribution >= 4 is 28.6 Å². The first-order valence-corrected chi connectivity index (χ1v) is 9.97. The van der Waals surface area contributed by atoms with Crippen LogP contribution in [0, 0.1) is 6.92 Å². The second-order valence-electron chi connectivity index (χ2n) is 8.56. The molecule has 1 aliphatic rings. The van der Waals surface area contributed by atoms with Gasteiger partial charge in [-0.15, -0.1) is 0 Å². The van der Waals surface area contributed by atoms with Gasteiger partial charge in [0.1, 0.15) is 17.5 Å². The van der Waals surface area contributed by atoms with Crippen LogP contribution in [-0.4, -0.2) is 65.5 Å². The first-order chi connectivity index (χ1) is 14.3. The summed E-state index contributed by atoms with van der Waals surface area (Å²) in [5.74, 6) is 2.15. The predicted molar refractivity (Wildman–Crippen MR) is 113 cm³/mol. The molecular weight excluding hydrogens is 384 g/mol. The summed E-state index contributed by atoms with van der Waals surface area (Å²) in [6.45, 7) is 11.0. The first-order valence-electron chi connectivity index (χ1n) is 9.97. The molecule has 4 aromatic heterocycles. The van der Waals surface area contributed by atoms with Gasteiger partial charge in [-0.05, 0) is 27.7 Å². The minimum atomic E-state index is -0.263. The van der Waals surface area contributed by atoms with Crippen molar-refractivity contribution in [3.8, 4) is 0 Å². The molecule has 5 heterocycles. The van der Waals surface area contributed by atoms with E-state index in [9.17, 15) is 4.79 Å². The monoisotopic (exact) mass is 408 g/mol. The van der Waals surface area contributed by atoms with Crippen LogP contribution in [-0.2, 0) is 5.54 Å². The topological polar surface area (TPSA) is 113 Å². The van der Waals surface area contributed by atoms with E-state index in [1.807, 2.05) is 33.8 Å². The molecule has 0 bridgehead atoms. The quantitative estimate of drug-likeness (QED) is 0.522. The number of aromatic amines is 1. The fourth-order valence-electron chi connectivity index (χ4n) is 3.83. The minimum Gasteiger partial charge on any atom is -0.353 e. The fraction of sp³-hybridized carbons (Fsp3) is 0.474. The zero-order valence-electron chi connectivity index (χ0n) is 17.5. The average molecular weight is 408 g/mol. The smallest absolute Gasteiger partial charge is 0.263 e. The van der Waals surface area contributed by atoms with Crippen molar-refractivity contribution < 1.29 is 0 Å². The van der Waals surface area contributed by atoms with E-state index in [1.54, 1.807) is 15.4 Å². The van der Waals surface area contributed by atoms with E-state index in [-0.39, 0.29) is 11.1 Å². The maximum Gasteiger partial charge on any atom is 0.263 e. The summed E-state index contributed by atoms with van der Waals surface area (Å²) >= 11 is 0. The van der Waals surface area contributed by atoms with Gasteiger partial charge in [0.25, 0.3) is 11.3 Å². The van der Waals surface area contributed by atoms with Crippen molar-refractivity contribution in [3.05, 3.63) is 34.6 Å². The first kappa shape index (κ1) is 18.5. The Hall–Kier alpha value is -3.50. The van der Waals surface area contributed by atoms with Gasteiger partial charge < -0.3 is 9.80 Å². The molecule has 0 spiro atoms. The number of nitrogens with zero attached hydrogens (tertiary/aromatic N) is 9. The summed E-state index contributed by atoms with van der Waals surface area (Å²) in [5.41, 5.74) is 1.08. The summed E-state index contributed by atoms with van der Waals surface area (Å²) in [5, 5.41) is 9.19. The molecule has 0 aliphatic carbocycles. The van der Waals surface area contributed by atoms with Crippen LogP contribution in [0.3, 0.4) is 0 Å². The van der Waals surface area contributed by atoms with Crippen LogP contribution in [0.1, 0.15) is 26.5 Å². The third kappa shape index (κ3) is 2.97. The van der Waals surface area contributed by atoms with Crippen LogP contribution in [0.25, 0.3) is 16.8 Å². The van der Waals surface area contributed by atoms with Crippen molar-refractivity contribution in [3.63, 3.8) is 0 Å². The molecule has 1 saturated heterocycles. The Kier molecular flexibility index (Phi) is 4.02. The minimum absolute atomic E-state index is 0.165. The lowest BCUT2D eigenvalue weighted by Crippen LogP contribution is -2.48. The highest BCUT2D eigenvalue weighted by Crippen LogP contribution is 2.22. The molecule has 11 heteroatoms. The van der Waals surface area contributed by atoms with Gasteiger partial charge in [0.15, 0.2) is 5.65 Å². The van der Waals surface area contributed by atoms with E-state index in [0.717, 1.165) is 37.7 Å². The highest BCUT2D eigenvalue weighted by atomic mass is 16.1. The van der Waals surface area contributed by atoms with E-state index in [1.165, 1.54) is 6.33 Å². The molecule has 30 heavy (non-hydrogen) atoms. The van der Waals surface area contributed by atoms with Gasteiger partial charge >= 0.3 is 0 Å². The molecule has 1 N–H and O–H groups in total. The van der Waals surface area contributed by atoms with Crippen LogP contribution in [0.2, 0.25) is 0 Å². The largest absolute Gasteiger partial charge is 0.353 e. The standard InChI is InChI=1S/C19H24N10O/c1-12-9-14(28-17(23-12)20-11-22-28)26-5-7-27(8-6-26)18-24-15-13(16(30)25-18)10-21-29(15)19(2,3)4/h9-11H,5-8H2,1-4H3,(H,24,25,30). The maximum absolute atomic E-state index is 12.6. The number of hydrogen-bond acceptors (Lipinski definition) is 8. The van der Waals surface area contributed by atoms with E-state index in [0.29, 0.717) is 22.8 Å². The summed E-state index contributed by atoms with van der Waals surface area (Å²) in [4.78, 5) is 33.3. The number of anilines is 2. The summed E-state index contributed by atoms with van der Waals surface area (Å²) in [6, 6.07) is 2.02. The fourth-order valence-corrected chi connectivity index (χ4v) is 3.83. The normalized spacial score (nSPS) is 15.5. The van der Waals surface area contributed by atoms with Gasteiger partial charge in [-0.25, -0.2) is 9.67 Å². The lowest BCUT2D eigenvalue weighted by molar-refractivity contribution is 0.366. The van der Waals surface area contributed by atoms with Crippen LogP contribution >= 0.6 is 0 Å². The Morgan fingerprint density at radius 3 is 2.50 bits per heavy atom. The SMILES string of the molecule is Cc1cc(N2CCN(c3nc4c(cnn4C(C)(C)C)c(=O)[nH]3)CC2)n2ncnc2n1. The molecule has 1 aliphatic heterocycles. The van der Waals surface area contributed by atoms with Crippen LogP contribution in [0.4, 0.5) is 11.8 Å². The Morgan fingerprint density at radius 2 is 1.77 bits per heavy atom. The van der Waals surface area contributed by atoms with Crippen molar-refractivity contribution in [1.29, 1.82) is 0 Å². The number of piperazine rings is 1. The summed E-state index contributed by atoms with van der Waals surface area (Å²) < 4.78 is 3.56. The van der Waals surface area contributed by atoms with Crippen LogP contribution < -0.4 is 15.4 Å². The Labute approximate surface area is 172 Å². The molecular formula is C19H24N10O. The number of nitrogens with one attached hydrogen (secondary N) is 1. The Bertz CT molecular complexity index is 1290. The molecule has 0 aromatic carbocycles. The second-order valence-corrected chi connectivity index (χ2v) is 8.56. The van der Waals surface area contributed by atoms with Crippen LogP contribution in [0.5, 0.6) is 0 Å². The molecule has 11 nitrogen and oxygen atoms in total. The highest BCUT2D eigenvalue weighted by Gasteiger charge is 2.24. The molecule has 4 aromatic rings. The molecule has 0 saturated carbocycles. The van der Waals surface area contributed by atoms with Gasteiger partial charge in [0.05, 0.1) is 11.7 Å². The molecule has 0 radical (unpaired) electrons.